The fourth-order valence-electron chi connectivity index (χ4n) is 1.06. The summed E-state index contributed by atoms with van der Waals surface area (Å²) in [7, 11) is 1.61. The monoisotopic (exact) mass is 273 g/mol. The van der Waals surface area contributed by atoms with Crippen LogP contribution in [-0.4, -0.2) is 31.3 Å². The molecule has 7 heteroatoms. The molecule has 0 saturated carbocycles. The van der Waals surface area contributed by atoms with Crippen LogP contribution in [0.1, 0.15) is 15.2 Å². The maximum absolute atomic E-state index is 11.6. The molecule has 17 heavy (non-hydrogen) atoms. The van der Waals surface area contributed by atoms with Crippen LogP contribution < -0.4 is 16.2 Å². The first-order valence-corrected chi connectivity index (χ1v) is 6.30. The molecule has 0 aliphatic carbocycles. The Bertz CT molecular complexity index is 393. The third-order valence-corrected chi connectivity index (χ3v) is 2.98. The first kappa shape index (κ1) is 13.9. The quantitative estimate of drug-likeness (QED) is 0.430. The second kappa shape index (κ2) is 7.21. The molecular weight excluding hydrogens is 258 g/mol. The van der Waals surface area contributed by atoms with Gasteiger partial charge in [0.15, 0.2) is 5.11 Å². The molecule has 1 aromatic rings. The van der Waals surface area contributed by atoms with Gasteiger partial charge in [-0.1, -0.05) is 0 Å². The summed E-state index contributed by atoms with van der Waals surface area (Å²) in [6.45, 7) is 3.10. The molecule has 0 radical (unpaired) electrons. The number of ether oxygens (including phenoxy) is 1. The van der Waals surface area contributed by atoms with E-state index >= 15 is 0 Å². The third-order valence-electron chi connectivity index (χ3n) is 1.87. The van der Waals surface area contributed by atoms with E-state index in [1.807, 2.05) is 13.0 Å². The molecule has 1 aromatic heterocycles. The molecular formula is C10H15N3O2S2. The van der Waals surface area contributed by atoms with Gasteiger partial charge >= 0.3 is 0 Å². The van der Waals surface area contributed by atoms with Crippen molar-refractivity contribution in [2.45, 2.75) is 6.92 Å². The number of nitrogens with one attached hydrogen (secondary N) is 3. The van der Waals surface area contributed by atoms with Gasteiger partial charge in [0.2, 0.25) is 0 Å². The van der Waals surface area contributed by atoms with Crippen molar-refractivity contribution in [2.24, 2.45) is 0 Å². The standard InChI is InChI=1S/C10H15N3O2S2/c1-7-5-8(6-17-7)9(14)12-13-10(16)11-3-4-15-2/h5-6H,3-4H2,1-2H3,(H,12,14)(H2,11,13,16). The second-order valence-electron chi connectivity index (χ2n) is 3.27. The lowest BCUT2D eigenvalue weighted by molar-refractivity contribution is 0.0944. The van der Waals surface area contributed by atoms with Crippen LogP contribution in [0.2, 0.25) is 0 Å². The minimum absolute atomic E-state index is 0.203. The molecule has 3 N–H and O–H groups in total. The van der Waals surface area contributed by atoms with Crippen molar-refractivity contribution in [1.82, 2.24) is 16.2 Å². The van der Waals surface area contributed by atoms with E-state index in [1.54, 1.807) is 12.5 Å². The van der Waals surface area contributed by atoms with E-state index in [-0.39, 0.29) is 5.91 Å². The van der Waals surface area contributed by atoms with E-state index in [0.717, 1.165) is 4.88 Å². The molecule has 1 rings (SSSR count). The molecule has 0 aromatic carbocycles. The Morgan fingerprint density at radius 3 is 2.88 bits per heavy atom. The molecule has 0 aliphatic rings. The highest BCUT2D eigenvalue weighted by Gasteiger charge is 2.06. The molecule has 0 unspecified atom stereocenters. The number of methoxy groups -OCH3 is 1. The van der Waals surface area contributed by atoms with E-state index < -0.39 is 0 Å². The number of hydrogen-bond donors (Lipinski definition) is 3. The SMILES string of the molecule is COCCNC(=S)NNC(=O)c1csc(C)c1. The topological polar surface area (TPSA) is 62.4 Å². The summed E-state index contributed by atoms with van der Waals surface area (Å²) in [5.74, 6) is -0.203. The minimum Gasteiger partial charge on any atom is -0.383 e. The Kier molecular flexibility index (Phi) is 5.88. The van der Waals surface area contributed by atoms with Crippen LogP contribution in [0.3, 0.4) is 0 Å². The summed E-state index contributed by atoms with van der Waals surface area (Å²) < 4.78 is 4.85. The summed E-state index contributed by atoms with van der Waals surface area (Å²) in [6.07, 6.45) is 0. The zero-order valence-electron chi connectivity index (χ0n) is 9.70. The van der Waals surface area contributed by atoms with Crippen molar-refractivity contribution in [3.05, 3.63) is 21.9 Å². The van der Waals surface area contributed by atoms with Gasteiger partial charge in [-0.05, 0) is 25.2 Å². The first-order valence-electron chi connectivity index (χ1n) is 5.01. The Morgan fingerprint density at radius 1 is 1.53 bits per heavy atom. The Balaban J connectivity index is 2.26. The molecule has 0 spiro atoms. The number of aryl methyl sites for hydroxylation is 1. The van der Waals surface area contributed by atoms with Crippen LogP contribution in [0.4, 0.5) is 0 Å². The summed E-state index contributed by atoms with van der Waals surface area (Å²) in [5.41, 5.74) is 5.76. The van der Waals surface area contributed by atoms with Crippen molar-refractivity contribution < 1.29 is 9.53 Å². The van der Waals surface area contributed by atoms with Crippen molar-refractivity contribution in [1.29, 1.82) is 0 Å². The maximum atomic E-state index is 11.6. The lowest BCUT2D eigenvalue weighted by Crippen LogP contribution is -2.47. The highest BCUT2D eigenvalue weighted by atomic mass is 32.1. The lowest BCUT2D eigenvalue weighted by Gasteiger charge is -2.10. The molecule has 0 fully saturated rings. The Labute approximate surface area is 110 Å². The molecule has 5 nitrogen and oxygen atoms in total. The van der Waals surface area contributed by atoms with E-state index in [4.69, 9.17) is 17.0 Å². The number of carbonyl (C=O) groups is 1. The Morgan fingerprint density at radius 2 is 2.29 bits per heavy atom. The van der Waals surface area contributed by atoms with Crippen LogP contribution in [-0.2, 0) is 4.74 Å². The first-order chi connectivity index (χ1) is 8.13. The van der Waals surface area contributed by atoms with Gasteiger partial charge in [-0.25, -0.2) is 0 Å². The molecule has 0 saturated heterocycles. The van der Waals surface area contributed by atoms with Crippen LogP contribution >= 0.6 is 23.6 Å². The molecule has 1 heterocycles. The van der Waals surface area contributed by atoms with Gasteiger partial charge in [0.1, 0.15) is 0 Å². The third kappa shape index (κ3) is 5.12. The van der Waals surface area contributed by atoms with Gasteiger partial charge in [0, 0.05) is 23.9 Å². The number of hydrazine groups is 1. The van der Waals surface area contributed by atoms with Crippen molar-refractivity contribution in [3.63, 3.8) is 0 Å². The predicted octanol–water partition coefficient (Wildman–Crippen LogP) is 0.812. The molecule has 0 aliphatic heterocycles. The zero-order valence-corrected chi connectivity index (χ0v) is 11.3. The van der Waals surface area contributed by atoms with E-state index in [2.05, 4.69) is 16.2 Å². The number of carbonyl (C=O) groups excluding carboxylic acids is 1. The number of rotatable bonds is 4. The van der Waals surface area contributed by atoms with Crippen LogP contribution in [0.15, 0.2) is 11.4 Å². The van der Waals surface area contributed by atoms with E-state index in [1.165, 1.54) is 11.3 Å². The summed E-state index contributed by atoms with van der Waals surface area (Å²) in [4.78, 5) is 12.7. The van der Waals surface area contributed by atoms with Gasteiger partial charge < -0.3 is 10.1 Å². The summed E-state index contributed by atoms with van der Waals surface area (Å²) in [6, 6.07) is 1.82. The van der Waals surface area contributed by atoms with Crippen LogP contribution in [0.25, 0.3) is 0 Å². The second-order valence-corrected chi connectivity index (χ2v) is 4.80. The smallest absolute Gasteiger partial charge is 0.270 e. The fraction of sp³-hybridized carbons (Fsp3) is 0.400. The van der Waals surface area contributed by atoms with E-state index in [0.29, 0.717) is 23.8 Å². The minimum atomic E-state index is -0.203. The van der Waals surface area contributed by atoms with E-state index in [9.17, 15) is 4.79 Å². The van der Waals surface area contributed by atoms with Gasteiger partial charge in [0.05, 0.1) is 12.2 Å². The fourth-order valence-corrected chi connectivity index (χ4v) is 1.90. The summed E-state index contributed by atoms with van der Waals surface area (Å²) in [5, 5.41) is 5.04. The number of amides is 1. The largest absolute Gasteiger partial charge is 0.383 e. The van der Waals surface area contributed by atoms with Crippen molar-refractivity contribution >= 4 is 34.6 Å². The maximum Gasteiger partial charge on any atom is 0.270 e. The van der Waals surface area contributed by atoms with Gasteiger partial charge in [-0.15, -0.1) is 11.3 Å². The number of thiophene rings is 1. The summed E-state index contributed by atoms with van der Waals surface area (Å²) >= 11 is 6.48. The number of thiocarbonyl (C=S) groups is 1. The Hall–Kier alpha value is -1.18. The normalized spacial score (nSPS) is 9.76. The van der Waals surface area contributed by atoms with Gasteiger partial charge in [-0.3, -0.25) is 15.6 Å². The van der Waals surface area contributed by atoms with Crippen molar-refractivity contribution in [3.8, 4) is 0 Å². The highest BCUT2D eigenvalue weighted by Crippen LogP contribution is 2.12. The van der Waals surface area contributed by atoms with Crippen LogP contribution in [0.5, 0.6) is 0 Å². The lowest BCUT2D eigenvalue weighted by atomic mass is 10.3. The highest BCUT2D eigenvalue weighted by molar-refractivity contribution is 7.80. The van der Waals surface area contributed by atoms with Crippen molar-refractivity contribution in [2.75, 3.05) is 20.3 Å². The molecule has 94 valence electrons. The molecule has 0 atom stereocenters. The van der Waals surface area contributed by atoms with Crippen LogP contribution in [0, 0.1) is 6.92 Å². The molecule has 0 bridgehead atoms. The van der Waals surface area contributed by atoms with Gasteiger partial charge in [-0.2, -0.15) is 0 Å². The predicted molar refractivity (Wildman–Crippen MR) is 72.1 cm³/mol. The van der Waals surface area contributed by atoms with Gasteiger partial charge in [0.25, 0.3) is 5.91 Å². The average molecular weight is 273 g/mol. The average Bonchev–Trinajstić information content (AvgIpc) is 2.73. The number of hydrogen-bond acceptors (Lipinski definition) is 4. The molecule has 1 amide bonds. The zero-order chi connectivity index (χ0) is 12.7.